The number of amides is 1. The van der Waals surface area contributed by atoms with E-state index in [4.69, 9.17) is 9.47 Å². The molecule has 4 heteroatoms. The van der Waals surface area contributed by atoms with Crippen molar-refractivity contribution in [3.8, 4) is 11.5 Å². The van der Waals surface area contributed by atoms with Crippen LogP contribution in [-0.4, -0.2) is 19.6 Å². The largest absolute Gasteiger partial charge is 0.497 e. The Morgan fingerprint density at radius 1 is 0.933 bits per heavy atom. The summed E-state index contributed by atoms with van der Waals surface area (Å²) in [4.78, 5) is 12.6. The fourth-order valence-electron chi connectivity index (χ4n) is 2.99. The van der Waals surface area contributed by atoms with E-state index in [0.717, 1.165) is 28.2 Å². The van der Waals surface area contributed by atoms with Crippen molar-refractivity contribution in [3.63, 3.8) is 0 Å². The van der Waals surface area contributed by atoms with Crippen LogP contribution in [0.15, 0.2) is 97.6 Å². The Labute approximate surface area is 177 Å². The van der Waals surface area contributed by atoms with E-state index in [9.17, 15) is 4.79 Å². The van der Waals surface area contributed by atoms with Crippen molar-refractivity contribution in [1.82, 2.24) is 5.32 Å². The minimum absolute atomic E-state index is 0.174. The second-order valence-corrected chi connectivity index (χ2v) is 6.63. The zero-order valence-electron chi connectivity index (χ0n) is 17.0. The second-order valence-electron chi connectivity index (χ2n) is 6.63. The van der Waals surface area contributed by atoms with Gasteiger partial charge >= 0.3 is 0 Å². The van der Waals surface area contributed by atoms with E-state index in [2.05, 4.69) is 11.9 Å². The van der Waals surface area contributed by atoms with E-state index in [0.29, 0.717) is 6.61 Å². The third-order valence-electron chi connectivity index (χ3n) is 4.54. The Morgan fingerprint density at radius 3 is 2.20 bits per heavy atom. The van der Waals surface area contributed by atoms with Crippen molar-refractivity contribution in [3.05, 3.63) is 114 Å². The molecular weight excluding hydrogens is 374 g/mol. The van der Waals surface area contributed by atoms with Gasteiger partial charge in [-0.25, -0.2) is 0 Å². The Hall–Kier alpha value is -3.79. The van der Waals surface area contributed by atoms with Crippen molar-refractivity contribution in [1.29, 1.82) is 0 Å². The maximum absolute atomic E-state index is 12.6. The topological polar surface area (TPSA) is 47.6 Å². The molecule has 3 rings (SSSR count). The van der Waals surface area contributed by atoms with Crippen LogP contribution in [0.1, 0.15) is 22.7 Å². The lowest BCUT2D eigenvalue weighted by atomic mass is 9.98. The first-order chi connectivity index (χ1) is 14.7. The van der Waals surface area contributed by atoms with Crippen molar-refractivity contribution in [2.24, 2.45) is 0 Å². The number of ether oxygens (including phenoxy) is 2. The van der Waals surface area contributed by atoms with Gasteiger partial charge in [-0.05, 0) is 47.0 Å². The molecule has 0 aromatic heterocycles. The Morgan fingerprint density at radius 2 is 1.57 bits per heavy atom. The average molecular weight is 399 g/mol. The number of nitrogens with one attached hydrogen (secondary N) is 1. The lowest BCUT2D eigenvalue weighted by Gasteiger charge is -2.19. The minimum atomic E-state index is -0.260. The van der Waals surface area contributed by atoms with Gasteiger partial charge in [-0.15, -0.1) is 0 Å². The van der Waals surface area contributed by atoms with Crippen molar-refractivity contribution < 1.29 is 14.3 Å². The Balaban J connectivity index is 1.72. The molecule has 0 aliphatic rings. The number of rotatable bonds is 9. The molecule has 0 heterocycles. The number of carbonyl (C=O) groups is 1. The molecular formula is C26H25NO3. The van der Waals surface area contributed by atoms with E-state index in [1.165, 1.54) is 0 Å². The van der Waals surface area contributed by atoms with E-state index in [1.54, 1.807) is 25.3 Å². The van der Waals surface area contributed by atoms with Gasteiger partial charge in [0.1, 0.15) is 18.1 Å². The third kappa shape index (κ3) is 5.85. The van der Waals surface area contributed by atoms with E-state index in [1.807, 2.05) is 78.9 Å². The summed E-state index contributed by atoms with van der Waals surface area (Å²) in [5, 5.41) is 3.09. The van der Waals surface area contributed by atoms with Gasteiger partial charge in [0.05, 0.1) is 13.2 Å². The molecule has 30 heavy (non-hydrogen) atoms. The molecule has 3 aromatic rings. The third-order valence-corrected chi connectivity index (χ3v) is 4.54. The van der Waals surface area contributed by atoms with Crippen LogP contribution in [0.5, 0.6) is 11.5 Å². The molecule has 3 aromatic carbocycles. The Bertz CT molecular complexity index is 977. The maximum atomic E-state index is 12.6. The van der Waals surface area contributed by atoms with E-state index in [-0.39, 0.29) is 11.9 Å². The van der Waals surface area contributed by atoms with Gasteiger partial charge in [0.25, 0.3) is 0 Å². The highest BCUT2D eigenvalue weighted by Crippen LogP contribution is 2.24. The summed E-state index contributed by atoms with van der Waals surface area (Å²) in [6.07, 6.45) is 5.02. The maximum Gasteiger partial charge on any atom is 0.244 e. The molecule has 0 radical (unpaired) electrons. The summed E-state index contributed by atoms with van der Waals surface area (Å²) in [5.74, 6) is 1.36. The monoisotopic (exact) mass is 399 g/mol. The summed E-state index contributed by atoms with van der Waals surface area (Å²) >= 11 is 0. The van der Waals surface area contributed by atoms with Crippen LogP contribution >= 0.6 is 0 Å². The molecule has 0 aliphatic carbocycles. The van der Waals surface area contributed by atoms with Crippen LogP contribution < -0.4 is 14.8 Å². The summed E-state index contributed by atoms with van der Waals surface area (Å²) < 4.78 is 10.7. The summed E-state index contributed by atoms with van der Waals surface area (Å²) in [6, 6.07) is 24.9. The molecule has 0 aliphatic heterocycles. The fraction of sp³-hybridized carbons (Fsp3) is 0.115. The number of carbonyl (C=O) groups excluding carboxylic acids is 1. The van der Waals surface area contributed by atoms with Crippen LogP contribution in [-0.2, 0) is 4.79 Å². The van der Waals surface area contributed by atoms with E-state index < -0.39 is 0 Å². The van der Waals surface area contributed by atoms with Gasteiger partial charge in [-0.3, -0.25) is 4.79 Å². The highest BCUT2D eigenvalue weighted by molar-refractivity contribution is 5.92. The molecule has 152 valence electrons. The van der Waals surface area contributed by atoms with Gasteiger partial charge in [0.2, 0.25) is 5.91 Å². The molecule has 0 spiro atoms. The van der Waals surface area contributed by atoms with Gasteiger partial charge in [-0.2, -0.15) is 0 Å². The van der Waals surface area contributed by atoms with Crippen molar-refractivity contribution in [2.75, 3.05) is 13.7 Å². The van der Waals surface area contributed by atoms with Crippen LogP contribution in [0.3, 0.4) is 0 Å². The molecule has 0 saturated carbocycles. The predicted octanol–water partition coefficient (Wildman–Crippen LogP) is 5.18. The smallest absolute Gasteiger partial charge is 0.244 e. The number of hydrogen-bond acceptors (Lipinski definition) is 3. The standard InChI is InChI=1S/C26H25NO3/c1-3-19-30-24-14-9-20(10-15-24)11-18-25(28)27-26(21-7-5-4-6-8-21)22-12-16-23(29-2)17-13-22/h3-18,26H,1,19H2,2H3,(H,27,28)/b18-11+. The highest BCUT2D eigenvalue weighted by Gasteiger charge is 2.15. The first kappa shape index (κ1) is 20.9. The normalized spacial score (nSPS) is 11.6. The van der Waals surface area contributed by atoms with Crippen LogP contribution in [0.4, 0.5) is 0 Å². The molecule has 4 nitrogen and oxygen atoms in total. The highest BCUT2D eigenvalue weighted by atomic mass is 16.5. The zero-order chi connectivity index (χ0) is 21.2. The lowest BCUT2D eigenvalue weighted by Crippen LogP contribution is -2.27. The first-order valence-corrected chi connectivity index (χ1v) is 9.71. The molecule has 1 atom stereocenters. The van der Waals surface area contributed by atoms with Gasteiger partial charge in [-0.1, -0.05) is 67.3 Å². The zero-order valence-corrected chi connectivity index (χ0v) is 17.0. The van der Waals surface area contributed by atoms with Gasteiger partial charge in [0.15, 0.2) is 0 Å². The van der Waals surface area contributed by atoms with Crippen molar-refractivity contribution in [2.45, 2.75) is 6.04 Å². The first-order valence-electron chi connectivity index (χ1n) is 9.71. The quantitative estimate of drug-likeness (QED) is 0.398. The molecule has 0 bridgehead atoms. The lowest BCUT2D eigenvalue weighted by molar-refractivity contribution is -0.116. The fourth-order valence-corrected chi connectivity index (χ4v) is 2.99. The van der Waals surface area contributed by atoms with Gasteiger partial charge < -0.3 is 14.8 Å². The second kappa shape index (κ2) is 10.7. The molecule has 1 unspecified atom stereocenters. The number of benzene rings is 3. The van der Waals surface area contributed by atoms with Crippen molar-refractivity contribution >= 4 is 12.0 Å². The average Bonchev–Trinajstić information content (AvgIpc) is 2.81. The summed E-state index contributed by atoms with van der Waals surface area (Å²) in [5.41, 5.74) is 2.90. The Kier molecular flexibility index (Phi) is 7.45. The molecule has 0 saturated heterocycles. The van der Waals surface area contributed by atoms with E-state index >= 15 is 0 Å². The number of methoxy groups -OCH3 is 1. The predicted molar refractivity (Wildman–Crippen MR) is 121 cm³/mol. The van der Waals surface area contributed by atoms with Gasteiger partial charge in [0, 0.05) is 6.08 Å². The SMILES string of the molecule is C=CCOc1ccc(/C=C/C(=O)NC(c2ccccc2)c2ccc(OC)cc2)cc1. The molecule has 0 fully saturated rings. The van der Waals surface area contributed by atoms with Crippen LogP contribution in [0.2, 0.25) is 0 Å². The molecule has 1 amide bonds. The minimum Gasteiger partial charge on any atom is -0.497 e. The summed E-state index contributed by atoms with van der Waals surface area (Å²) in [6.45, 7) is 4.09. The number of hydrogen-bond donors (Lipinski definition) is 1. The summed E-state index contributed by atoms with van der Waals surface area (Å²) in [7, 11) is 1.63. The molecule has 1 N–H and O–H groups in total. The van der Waals surface area contributed by atoms with Crippen LogP contribution in [0.25, 0.3) is 6.08 Å². The van der Waals surface area contributed by atoms with Crippen LogP contribution in [0, 0.1) is 0 Å².